The van der Waals surface area contributed by atoms with Gasteiger partial charge in [-0.1, -0.05) is 0 Å². The van der Waals surface area contributed by atoms with Crippen molar-refractivity contribution in [3.8, 4) is 17.2 Å². The van der Waals surface area contributed by atoms with Crippen molar-refractivity contribution in [3.63, 3.8) is 0 Å². The lowest BCUT2D eigenvalue weighted by molar-refractivity contribution is -0.121. The zero-order valence-electron chi connectivity index (χ0n) is 12.2. The molecule has 1 heterocycles. The number of methoxy groups -OCH3 is 3. The standard InChI is InChI=1S/C14H16N2O4S/c1-16-13(17)9(15-14(16)21)5-8-6-10(18-2)12(20-4)11(7-8)19-3/h5-7H,1-4H3,(H,15,21)/b9-5-. The molecule has 6 nitrogen and oxygen atoms in total. The summed E-state index contributed by atoms with van der Waals surface area (Å²) in [7, 11) is 6.23. The predicted octanol–water partition coefficient (Wildman–Crippen LogP) is 1.40. The molecule has 1 aromatic carbocycles. The van der Waals surface area contributed by atoms with E-state index in [0.29, 0.717) is 28.1 Å². The Hall–Kier alpha value is -2.28. The van der Waals surface area contributed by atoms with Gasteiger partial charge in [0.25, 0.3) is 5.91 Å². The number of nitrogens with one attached hydrogen (secondary N) is 1. The molecule has 0 atom stereocenters. The molecule has 0 bridgehead atoms. The van der Waals surface area contributed by atoms with Gasteiger partial charge in [0, 0.05) is 7.05 Å². The Kier molecular flexibility index (Phi) is 4.32. The molecule has 7 heteroatoms. The molecular weight excluding hydrogens is 292 g/mol. The first-order valence-corrected chi connectivity index (χ1v) is 6.53. The molecular formula is C14H16N2O4S. The Labute approximate surface area is 128 Å². The van der Waals surface area contributed by atoms with E-state index in [1.54, 1.807) is 25.3 Å². The summed E-state index contributed by atoms with van der Waals surface area (Å²) in [5.41, 5.74) is 1.13. The summed E-state index contributed by atoms with van der Waals surface area (Å²) in [5.74, 6) is 1.35. The van der Waals surface area contributed by atoms with Crippen molar-refractivity contribution in [2.45, 2.75) is 0 Å². The molecule has 0 radical (unpaired) electrons. The Morgan fingerprint density at radius 3 is 2.10 bits per heavy atom. The summed E-state index contributed by atoms with van der Waals surface area (Å²) >= 11 is 5.03. The predicted molar refractivity (Wildman–Crippen MR) is 82.6 cm³/mol. The smallest absolute Gasteiger partial charge is 0.276 e. The molecule has 1 fully saturated rings. The van der Waals surface area contributed by atoms with Crippen molar-refractivity contribution in [1.29, 1.82) is 0 Å². The maximum Gasteiger partial charge on any atom is 0.276 e. The summed E-state index contributed by atoms with van der Waals surface area (Å²) < 4.78 is 15.8. The second kappa shape index (κ2) is 6.01. The van der Waals surface area contributed by atoms with Crippen molar-refractivity contribution in [1.82, 2.24) is 10.2 Å². The highest BCUT2D eigenvalue weighted by atomic mass is 32.1. The van der Waals surface area contributed by atoms with Gasteiger partial charge in [-0.05, 0) is 36.0 Å². The van der Waals surface area contributed by atoms with E-state index < -0.39 is 0 Å². The molecule has 0 unspecified atom stereocenters. The number of benzene rings is 1. The van der Waals surface area contributed by atoms with Crippen molar-refractivity contribution in [3.05, 3.63) is 23.4 Å². The van der Waals surface area contributed by atoms with Crippen LogP contribution in [-0.4, -0.2) is 44.3 Å². The molecule has 0 saturated carbocycles. The maximum atomic E-state index is 12.0. The van der Waals surface area contributed by atoms with Crippen LogP contribution in [0.3, 0.4) is 0 Å². The lowest BCUT2D eigenvalue weighted by atomic mass is 10.1. The largest absolute Gasteiger partial charge is 0.493 e. The minimum Gasteiger partial charge on any atom is -0.493 e. The summed E-state index contributed by atoms with van der Waals surface area (Å²) in [6, 6.07) is 3.51. The Morgan fingerprint density at radius 2 is 1.71 bits per heavy atom. The van der Waals surface area contributed by atoms with Gasteiger partial charge in [0.1, 0.15) is 5.70 Å². The Morgan fingerprint density at radius 1 is 1.14 bits per heavy atom. The van der Waals surface area contributed by atoms with E-state index in [1.807, 2.05) is 0 Å². The van der Waals surface area contributed by atoms with Crippen LogP contribution in [0.2, 0.25) is 0 Å². The van der Waals surface area contributed by atoms with Crippen LogP contribution in [0.15, 0.2) is 17.8 Å². The second-order valence-electron chi connectivity index (χ2n) is 4.31. The van der Waals surface area contributed by atoms with E-state index in [2.05, 4.69) is 5.32 Å². The van der Waals surface area contributed by atoms with E-state index in [-0.39, 0.29) is 5.91 Å². The number of carbonyl (C=O) groups is 1. The van der Waals surface area contributed by atoms with Crippen molar-refractivity contribution >= 4 is 29.3 Å². The lowest BCUT2D eigenvalue weighted by Crippen LogP contribution is -2.25. The number of likely N-dealkylation sites (N-methyl/N-ethyl adjacent to an activating group) is 1. The van der Waals surface area contributed by atoms with Gasteiger partial charge in [0.2, 0.25) is 5.75 Å². The van der Waals surface area contributed by atoms with E-state index in [0.717, 1.165) is 5.56 Å². The number of hydrogen-bond acceptors (Lipinski definition) is 5. The fourth-order valence-corrected chi connectivity index (χ4v) is 2.17. The number of hydrogen-bond donors (Lipinski definition) is 1. The lowest BCUT2D eigenvalue weighted by Gasteiger charge is -2.13. The van der Waals surface area contributed by atoms with Gasteiger partial charge in [-0.3, -0.25) is 9.69 Å². The highest BCUT2D eigenvalue weighted by Gasteiger charge is 2.27. The minimum atomic E-state index is -0.186. The van der Waals surface area contributed by atoms with Gasteiger partial charge >= 0.3 is 0 Å². The van der Waals surface area contributed by atoms with Crippen LogP contribution >= 0.6 is 12.2 Å². The zero-order valence-corrected chi connectivity index (χ0v) is 13.0. The summed E-state index contributed by atoms with van der Waals surface area (Å²) in [5, 5.41) is 3.24. The van der Waals surface area contributed by atoms with Crippen LogP contribution in [0, 0.1) is 0 Å². The molecule has 1 saturated heterocycles. The third-order valence-corrected chi connectivity index (χ3v) is 3.46. The quantitative estimate of drug-likeness (QED) is 0.670. The van der Waals surface area contributed by atoms with Gasteiger partial charge in [-0.2, -0.15) is 0 Å². The SMILES string of the molecule is COc1cc(/C=C2\NC(=S)N(C)C2=O)cc(OC)c1OC. The number of ether oxygens (including phenoxy) is 3. The van der Waals surface area contributed by atoms with Crippen LogP contribution in [-0.2, 0) is 4.79 Å². The summed E-state index contributed by atoms with van der Waals surface area (Å²) in [4.78, 5) is 13.3. The van der Waals surface area contributed by atoms with Crippen LogP contribution in [0.4, 0.5) is 0 Å². The molecule has 1 amide bonds. The summed E-state index contributed by atoms with van der Waals surface area (Å²) in [6.07, 6.45) is 1.68. The average molecular weight is 308 g/mol. The first-order chi connectivity index (χ1) is 10.0. The van der Waals surface area contributed by atoms with E-state index in [4.69, 9.17) is 26.4 Å². The third kappa shape index (κ3) is 2.78. The average Bonchev–Trinajstić information content (AvgIpc) is 2.73. The summed E-state index contributed by atoms with van der Waals surface area (Å²) in [6.45, 7) is 0. The number of thiocarbonyl (C=S) groups is 1. The molecule has 1 aromatic rings. The molecule has 0 spiro atoms. The van der Waals surface area contributed by atoms with Gasteiger partial charge in [-0.15, -0.1) is 0 Å². The molecule has 112 valence electrons. The third-order valence-electron chi connectivity index (χ3n) is 3.08. The molecule has 21 heavy (non-hydrogen) atoms. The molecule has 0 aromatic heterocycles. The van der Waals surface area contributed by atoms with Gasteiger partial charge in [0.05, 0.1) is 21.3 Å². The molecule has 1 N–H and O–H groups in total. The van der Waals surface area contributed by atoms with Gasteiger partial charge in [-0.25, -0.2) is 0 Å². The van der Waals surface area contributed by atoms with Crippen LogP contribution in [0.1, 0.15) is 5.56 Å². The molecule has 2 rings (SSSR count). The number of amides is 1. The Bertz CT molecular complexity index is 602. The van der Waals surface area contributed by atoms with Gasteiger partial charge < -0.3 is 19.5 Å². The number of rotatable bonds is 4. The first-order valence-electron chi connectivity index (χ1n) is 6.12. The maximum absolute atomic E-state index is 12.0. The van der Waals surface area contributed by atoms with Crippen LogP contribution in [0.25, 0.3) is 6.08 Å². The monoisotopic (exact) mass is 308 g/mol. The van der Waals surface area contributed by atoms with Crippen LogP contribution in [0.5, 0.6) is 17.2 Å². The molecule has 1 aliphatic rings. The van der Waals surface area contributed by atoms with Gasteiger partial charge in [0.15, 0.2) is 16.6 Å². The normalized spacial score (nSPS) is 16.2. The van der Waals surface area contributed by atoms with Crippen molar-refractivity contribution in [2.24, 2.45) is 0 Å². The van der Waals surface area contributed by atoms with E-state index in [9.17, 15) is 4.79 Å². The first kappa shape index (κ1) is 15.1. The number of carbonyl (C=O) groups excluding carboxylic acids is 1. The fraction of sp³-hybridized carbons (Fsp3) is 0.286. The topological polar surface area (TPSA) is 60.0 Å². The Balaban J connectivity index is 2.46. The van der Waals surface area contributed by atoms with Crippen molar-refractivity contribution < 1.29 is 19.0 Å². The van der Waals surface area contributed by atoms with Crippen molar-refractivity contribution in [2.75, 3.05) is 28.4 Å². The van der Waals surface area contributed by atoms with Crippen LogP contribution < -0.4 is 19.5 Å². The zero-order chi connectivity index (χ0) is 15.6. The highest BCUT2D eigenvalue weighted by molar-refractivity contribution is 7.80. The highest BCUT2D eigenvalue weighted by Crippen LogP contribution is 2.38. The number of nitrogens with zero attached hydrogens (tertiary/aromatic N) is 1. The van der Waals surface area contributed by atoms with E-state index in [1.165, 1.54) is 26.2 Å². The molecule has 1 aliphatic heterocycles. The minimum absolute atomic E-state index is 0.186. The fourth-order valence-electron chi connectivity index (χ4n) is 1.97. The van der Waals surface area contributed by atoms with E-state index >= 15 is 0 Å². The second-order valence-corrected chi connectivity index (χ2v) is 4.70. The molecule has 0 aliphatic carbocycles.